The van der Waals surface area contributed by atoms with E-state index in [1.54, 1.807) is 12.1 Å². The van der Waals surface area contributed by atoms with Gasteiger partial charge in [-0.15, -0.1) is 0 Å². The van der Waals surface area contributed by atoms with Crippen LogP contribution in [0.3, 0.4) is 0 Å². The lowest BCUT2D eigenvalue weighted by Gasteiger charge is -2.21. The van der Waals surface area contributed by atoms with E-state index in [1.165, 1.54) is 18.9 Å². The fraction of sp³-hybridized carbons (Fsp3) is 0.438. The number of nitrogens with zero attached hydrogens (tertiary/aromatic N) is 1. The SMILES string of the molecule is CCC(C)C(NC(=O)CSc1nc2ccc(Cl)cc2[nH]1)C(=O)OC. The van der Waals surface area contributed by atoms with Gasteiger partial charge in [0.05, 0.1) is 23.9 Å². The van der Waals surface area contributed by atoms with E-state index in [0.717, 1.165) is 17.5 Å². The number of carbonyl (C=O) groups is 2. The number of carbonyl (C=O) groups excluding carboxylic acids is 2. The smallest absolute Gasteiger partial charge is 0.328 e. The number of esters is 1. The highest BCUT2D eigenvalue weighted by molar-refractivity contribution is 7.99. The molecule has 0 aliphatic rings. The fourth-order valence-electron chi connectivity index (χ4n) is 2.17. The summed E-state index contributed by atoms with van der Waals surface area (Å²) in [6.45, 7) is 3.86. The number of ether oxygens (including phenoxy) is 1. The van der Waals surface area contributed by atoms with Crippen LogP contribution in [0.5, 0.6) is 0 Å². The summed E-state index contributed by atoms with van der Waals surface area (Å²) in [5.74, 6) is -0.521. The summed E-state index contributed by atoms with van der Waals surface area (Å²) < 4.78 is 4.76. The molecule has 0 fully saturated rings. The molecule has 2 atom stereocenters. The van der Waals surface area contributed by atoms with Crippen molar-refractivity contribution in [1.82, 2.24) is 15.3 Å². The van der Waals surface area contributed by atoms with Crippen LogP contribution in [0, 0.1) is 5.92 Å². The first-order chi connectivity index (χ1) is 11.4. The number of hydrogen-bond acceptors (Lipinski definition) is 5. The quantitative estimate of drug-likeness (QED) is 0.579. The maximum absolute atomic E-state index is 12.1. The highest BCUT2D eigenvalue weighted by Gasteiger charge is 2.26. The van der Waals surface area contributed by atoms with Crippen LogP contribution in [-0.4, -0.2) is 40.7 Å². The Morgan fingerprint density at radius 1 is 1.46 bits per heavy atom. The third kappa shape index (κ3) is 4.64. The first-order valence-electron chi connectivity index (χ1n) is 7.59. The number of aromatic amines is 1. The highest BCUT2D eigenvalue weighted by Crippen LogP contribution is 2.22. The van der Waals surface area contributed by atoms with Gasteiger partial charge in [0.25, 0.3) is 0 Å². The summed E-state index contributed by atoms with van der Waals surface area (Å²) in [5, 5.41) is 3.98. The second-order valence-corrected chi connectivity index (χ2v) is 6.85. The minimum Gasteiger partial charge on any atom is -0.467 e. The van der Waals surface area contributed by atoms with Gasteiger partial charge in [0.2, 0.25) is 5.91 Å². The van der Waals surface area contributed by atoms with E-state index in [-0.39, 0.29) is 17.6 Å². The number of H-pyrrole nitrogens is 1. The van der Waals surface area contributed by atoms with Gasteiger partial charge >= 0.3 is 5.97 Å². The number of halogens is 1. The topological polar surface area (TPSA) is 84.1 Å². The summed E-state index contributed by atoms with van der Waals surface area (Å²) >= 11 is 7.20. The van der Waals surface area contributed by atoms with Gasteiger partial charge in [0.15, 0.2) is 5.16 Å². The average Bonchev–Trinajstić information content (AvgIpc) is 2.98. The van der Waals surface area contributed by atoms with Gasteiger partial charge in [-0.1, -0.05) is 43.6 Å². The average molecular weight is 370 g/mol. The molecule has 130 valence electrons. The molecular formula is C16H20ClN3O3S. The van der Waals surface area contributed by atoms with Crippen molar-refractivity contribution in [3.05, 3.63) is 23.2 Å². The number of hydrogen-bond donors (Lipinski definition) is 2. The Labute approximate surface area is 149 Å². The number of thioether (sulfide) groups is 1. The van der Waals surface area contributed by atoms with Crippen LogP contribution in [0.15, 0.2) is 23.4 Å². The summed E-state index contributed by atoms with van der Waals surface area (Å²) in [6.07, 6.45) is 0.761. The molecular weight excluding hydrogens is 350 g/mol. The predicted molar refractivity (Wildman–Crippen MR) is 95.2 cm³/mol. The van der Waals surface area contributed by atoms with Gasteiger partial charge in [0, 0.05) is 5.02 Å². The zero-order valence-electron chi connectivity index (χ0n) is 13.8. The molecule has 1 aromatic carbocycles. The number of benzene rings is 1. The number of methoxy groups -OCH3 is 1. The van der Waals surface area contributed by atoms with Gasteiger partial charge in [-0.05, 0) is 24.1 Å². The molecule has 2 N–H and O–H groups in total. The molecule has 0 aliphatic heterocycles. The maximum Gasteiger partial charge on any atom is 0.328 e. The van der Waals surface area contributed by atoms with E-state index < -0.39 is 12.0 Å². The Kier molecular flexibility index (Phi) is 6.51. The van der Waals surface area contributed by atoms with E-state index in [2.05, 4.69) is 15.3 Å². The first-order valence-corrected chi connectivity index (χ1v) is 8.96. The van der Waals surface area contributed by atoms with Crippen LogP contribution >= 0.6 is 23.4 Å². The standard InChI is InChI=1S/C16H20ClN3O3S/c1-4-9(2)14(15(22)23-3)20-13(21)8-24-16-18-11-6-5-10(17)7-12(11)19-16/h5-7,9,14H,4,8H2,1-3H3,(H,18,19)(H,20,21). The lowest BCUT2D eigenvalue weighted by Crippen LogP contribution is -2.46. The Balaban J connectivity index is 1.96. The first kappa shape index (κ1) is 18.6. The Bertz CT molecular complexity index is 734. The number of fused-ring (bicyclic) bond motifs is 1. The number of amides is 1. The molecule has 0 saturated heterocycles. The molecule has 1 aromatic heterocycles. The second-order valence-electron chi connectivity index (χ2n) is 5.45. The molecule has 0 aliphatic carbocycles. The summed E-state index contributed by atoms with van der Waals surface area (Å²) in [7, 11) is 1.32. The molecule has 0 radical (unpaired) electrons. The fourth-order valence-corrected chi connectivity index (χ4v) is 3.04. The van der Waals surface area contributed by atoms with Crippen LogP contribution in [0.25, 0.3) is 11.0 Å². The van der Waals surface area contributed by atoms with Crippen LogP contribution in [0.2, 0.25) is 5.02 Å². The van der Waals surface area contributed by atoms with Gasteiger partial charge in [-0.2, -0.15) is 0 Å². The van der Waals surface area contributed by atoms with Crippen molar-refractivity contribution in [2.75, 3.05) is 12.9 Å². The molecule has 24 heavy (non-hydrogen) atoms. The normalized spacial score (nSPS) is 13.5. The van der Waals surface area contributed by atoms with Crippen molar-refractivity contribution >= 4 is 46.3 Å². The van der Waals surface area contributed by atoms with Crippen molar-refractivity contribution in [2.24, 2.45) is 5.92 Å². The molecule has 1 amide bonds. The van der Waals surface area contributed by atoms with Gasteiger partial charge in [-0.3, -0.25) is 4.79 Å². The van der Waals surface area contributed by atoms with Gasteiger partial charge in [0.1, 0.15) is 6.04 Å². The molecule has 0 spiro atoms. The van der Waals surface area contributed by atoms with E-state index in [1.807, 2.05) is 19.9 Å². The minimum atomic E-state index is -0.637. The third-order valence-electron chi connectivity index (χ3n) is 3.75. The zero-order valence-corrected chi connectivity index (χ0v) is 15.3. The molecule has 1 heterocycles. The van der Waals surface area contributed by atoms with Crippen LogP contribution in [0.4, 0.5) is 0 Å². The van der Waals surface area contributed by atoms with Gasteiger partial charge in [-0.25, -0.2) is 9.78 Å². The number of nitrogens with one attached hydrogen (secondary N) is 2. The summed E-state index contributed by atoms with van der Waals surface area (Å²) in [4.78, 5) is 31.4. The van der Waals surface area contributed by atoms with Crippen molar-refractivity contribution in [2.45, 2.75) is 31.5 Å². The lowest BCUT2D eigenvalue weighted by atomic mass is 9.99. The molecule has 2 aromatic rings. The number of imidazole rings is 1. The Morgan fingerprint density at radius 3 is 2.88 bits per heavy atom. The monoisotopic (exact) mass is 369 g/mol. The lowest BCUT2D eigenvalue weighted by molar-refractivity contribution is -0.146. The van der Waals surface area contributed by atoms with E-state index in [4.69, 9.17) is 16.3 Å². The van der Waals surface area contributed by atoms with Crippen molar-refractivity contribution in [3.63, 3.8) is 0 Å². The van der Waals surface area contributed by atoms with E-state index >= 15 is 0 Å². The molecule has 8 heteroatoms. The van der Waals surface area contributed by atoms with Crippen molar-refractivity contribution in [1.29, 1.82) is 0 Å². The molecule has 0 bridgehead atoms. The second kappa shape index (κ2) is 8.39. The van der Waals surface area contributed by atoms with Crippen LogP contribution in [0.1, 0.15) is 20.3 Å². The third-order valence-corrected chi connectivity index (χ3v) is 4.86. The van der Waals surface area contributed by atoms with E-state index in [9.17, 15) is 9.59 Å². The van der Waals surface area contributed by atoms with E-state index in [0.29, 0.717) is 10.2 Å². The highest BCUT2D eigenvalue weighted by atomic mass is 35.5. The zero-order chi connectivity index (χ0) is 17.7. The number of rotatable bonds is 7. The number of aromatic nitrogens is 2. The summed E-state index contributed by atoms with van der Waals surface area (Å²) in [6, 6.07) is 4.72. The van der Waals surface area contributed by atoms with Gasteiger partial charge < -0.3 is 15.0 Å². The summed E-state index contributed by atoms with van der Waals surface area (Å²) in [5.41, 5.74) is 1.60. The Morgan fingerprint density at radius 2 is 2.21 bits per heavy atom. The molecule has 2 unspecified atom stereocenters. The Hall–Kier alpha value is -1.73. The molecule has 2 rings (SSSR count). The largest absolute Gasteiger partial charge is 0.467 e. The van der Waals surface area contributed by atoms with Crippen molar-refractivity contribution < 1.29 is 14.3 Å². The minimum absolute atomic E-state index is 0.000238. The maximum atomic E-state index is 12.1. The predicted octanol–water partition coefficient (Wildman–Crippen LogP) is 3.01. The van der Waals surface area contributed by atoms with Crippen molar-refractivity contribution in [3.8, 4) is 0 Å². The van der Waals surface area contributed by atoms with Crippen LogP contribution in [-0.2, 0) is 14.3 Å². The van der Waals surface area contributed by atoms with Crippen LogP contribution < -0.4 is 5.32 Å². The molecule has 6 nitrogen and oxygen atoms in total. The molecule has 0 saturated carbocycles.